The Balaban J connectivity index is 2.84. The quantitative estimate of drug-likeness (QED) is 0.341. The first kappa shape index (κ1) is 19.2. The topological polar surface area (TPSA) is 150 Å². The van der Waals surface area contributed by atoms with E-state index in [1.807, 2.05) is 0 Å². The highest BCUT2D eigenvalue weighted by atomic mass is 32.1. The van der Waals surface area contributed by atoms with E-state index in [0.717, 1.165) is 0 Å². The third kappa shape index (κ3) is 5.39. The average molecular weight is 347 g/mol. The largest absolute Gasteiger partial charge is 0.481 e. The standard InChI is InChI=1S/C13H21N3O6S/c14-7(6-23)11(19)15-8(3-4-10(17)18)12(20)16-5-1-2-9(16)13(21)22/h7-9,23H,1-6,14H2,(H,15,19)(H,17,18)(H,21,22)/t7-,8-,9-/m0/s1. The lowest BCUT2D eigenvalue weighted by Crippen LogP contribution is -2.54. The summed E-state index contributed by atoms with van der Waals surface area (Å²) in [7, 11) is 0. The second-order valence-electron chi connectivity index (χ2n) is 5.31. The molecule has 10 heteroatoms. The smallest absolute Gasteiger partial charge is 0.326 e. The maximum Gasteiger partial charge on any atom is 0.326 e. The summed E-state index contributed by atoms with van der Waals surface area (Å²) < 4.78 is 0. The van der Waals surface area contributed by atoms with Gasteiger partial charge in [-0.3, -0.25) is 14.4 Å². The number of carboxylic acid groups (broad SMARTS) is 2. The summed E-state index contributed by atoms with van der Waals surface area (Å²) >= 11 is 3.89. The van der Waals surface area contributed by atoms with Gasteiger partial charge in [0.1, 0.15) is 12.1 Å². The number of hydrogen-bond donors (Lipinski definition) is 5. The van der Waals surface area contributed by atoms with Gasteiger partial charge >= 0.3 is 11.9 Å². The molecule has 1 heterocycles. The third-order valence-corrected chi connectivity index (χ3v) is 4.01. The predicted molar refractivity (Wildman–Crippen MR) is 83.0 cm³/mol. The number of thiol groups is 1. The van der Waals surface area contributed by atoms with Crippen LogP contribution < -0.4 is 11.1 Å². The number of rotatable bonds is 8. The summed E-state index contributed by atoms with van der Waals surface area (Å²) in [6.45, 7) is 0.258. The fraction of sp³-hybridized carbons (Fsp3) is 0.692. The zero-order valence-electron chi connectivity index (χ0n) is 12.5. The highest BCUT2D eigenvalue weighted by molar-refractivity contribution is 7.80. The van der Waals surface area contributed by atoms with E-state index in [-0.39, 0.29) is 25.1 Å². The van der Waals surface area contributed by atoms with Crippen LogP contribution >= 0.6 is 12.6 Å². The molecule has 0 unspecified atom stereocenters. The molecular formula is C13H21N3O6S. The molecule has 1 aliphatic rings. The van der Waals surface area contributed by atoms with Crippen LogP contribution in [0.25, 0.3) is 0 Å². The fourth-order valence-corrected chi connectivity index (χ4v) is 2.54. The Hall–Kier alpha value is -1.81. The molecule has 3 atom stereocenters. The molecule has 1 aliphatic heterocycles. The van der Waals surface area contributed by atoms with Crippen LogP contribution in [0.5, 0.6) is 0 Å². The van der Waals surface area contributed by atoms with Crippen LogP contribution in [0.15, 0.2) is 0 Å². The minimum atomic E-state index is -1.12. The minimum Gasteiger partial charge on any atom is -0.481 e. The van der Waals surface area contributed by atoms with Gasteiger partial charge in [-0.25, -0.2) is 4.79 Å². The Kier molecular flexibility index (Phi) is 7.30. The predicted octanol–water partition coefficient (Wildman–Crippen LogP) is -1.33. The number of amides is 2. The monoisotopic (exact) mass is 347 g/mol. The number of likely N-dealkylation sites (tertiary alicyclic amines) is 1. The van der Waals surface area contributed by atoms with Crippen molar-refractivity contribution in [3.63, 3.8) is 0 Å². The first-order valence-electron chi connectivity index (χ1n) is 7.19. The van der Waals surface area contributed by atoms with Gasteiger partial charge in [0, 0.05) is 18.7 Å². The third-order valence-electron chi connectivity index (χ3n) is 3.62. The highest BCUT2D eigenvalue weighted by Gasteiger charge is 2.37. The van der Waals surface area contributed by atoms with Crippen LogP contribution in [0.3, 0.4) is 0 Å². The summed E-state index contributed by atoms with van der Waals surface area (Å²) in [5.41, 5.74) is 5.53. The molecule has 23 heavy (non-hydrogen) atoms. The normalized spacial score (nSPS) is 19.9. The molecule has 0 aliphatic carbocycles. The van der Waals surface area contributed by atoms with E-state index in [4.69, 9.17) is 15.9 Å². The molecule has 5 N–H and O–H groups in total. The van der Waals surface area contributed by atoms with Gasteiger partial charge in [-0.1, -0.05) is 0 Å². The Morgan fingerprint density at radius 2 is 1.96 bits per heavy atom. The molecule has 0 aromatic carbocycles. The zero-order valence-corrected chi connectivity index (χ0v) is 13.4. The van der Waals surface area contributed by atoms with Crippen molar-refractivity contribution in [2.24, 2.45) is 5.73 Å². The molecule has 0 aromatic heterocycles. The number of aliphatic carboxylic acids is 2. The minimum absolute atomic E-state index is 0.0626. The Morgan fingerprint density at radius 1 is 1.30 bits per heavy atom. The molecule has 9 nitrogen and oxygen atoms in total. The lowest BCUT2D eigenvalue weighted by Gasteiger charge is -2.27. The molecule has 1 fully saturated rings. The van der Waals surface area contributed by atoms with Crippen LogP contribution in [0, 0.1) is 0 Å². The maximum absolute atomic E-state index is 12.5. The first-order chi connectivity index (χ1) is 10.8. The van der Waals surface area contributed by atoms with Crippen LogP contribution in [0.4, 0.5) is 0 Å². The molecule has 0 saturated carbocycles. The number of nitrogens with one attached hydrogen (secondary N) is 1. The molecule has 0 spiro atoms. The van der Waals surface area contributed by atoms with Gasteiger partial charge < -0.3 is 26.2 Å². The number of nitrogens with two attached hydrogens (primary N) is 1. The number of carbonyl (C=O) groups is 4. The second-order valence-corrected chi connectivity index (χ2v) is 5.68. The maximum atomic E-state index is 12.5. The Bertz CT molecular complexity index is 486. The summed E-state index contributed by atoms with van der Waals surface area (Å²) in [4.78, 5) is 47.4. The van der Waals surface area contributed by atoms with Crippen molar-refractivity contribution in [2.75, 3.05) is 12.3 Å². The molecule has 0 bridgehead atoms. The van der Waals surface area contributed by atoms with Crippen LogP contribution in [-0.4, -0.2) is 69.3 Å². The van der Waals surface area contributed by atoms with Crippen molar-refractivity contribution >= 4 is 36.4 Å². The van der Waals surface area contributed by atoms with Crippen molar-refractivity contribution in [1.82, 2.24) is 10.2 Å². The summed E-state index contributed by atoms with van der Waals surface area (Å²) in [5.74, 6) is -3.41. The number of hydrogen-bond acceptors (Lipinski definition) is 6. The van der Waals surface area contributed by atoms with E-state index < -0.39 is 41.9 Å². The Labute approximate surface area is 138 Å². The van der Waals surface area contributed by atoms with Crippen molar-refractivity contribution < 1.29 is 29.4 Å². The SMILES string of the molecule is N[C@@H](CS)C(=O)N[C@@H](CCC(=O)O)C(=O)N1CCC[C@H]1C(=O)O. The number of nitrogens with zero attached hydrogens (tertiary/aromatic N) is 1. The second kappa shape index (κ2) is 8.73. The number of carbonyl (C=O) groups excluding carboxylic acids is 2. The molecule has 2 amide bonds. The van der Waals surface area contributed by atoms with E-state index in [1.165, 1.54) is 4.90 Å². The van der Waals surface area contributed by atoms with E-state index >= 15 is 0 Å². The lowest BCUT2D eigenvalue weighted by molar-refractivity contribution is -0.149. The van der Waals surface area contributed by atoms with Gasteiger partial charge in [0.05, 0.1) is 6.04 Å². The molecule has 1 saturated heterocycles. The van der Waals surface area contributed by atoms with E-state index in [2.05, 4.69) is 17.9 Å². The van der Waals surface area contributed by atoms with Crippen LogP contribution in [0.2, 0.25) is 0 Å². The number of carboxylic acids is 2. The summed E-state index contributed by atoms with van der Waals surface area (Å²) in [6.07, 6.45) is 0.399. The van der Waals surface area contributed by atoms with Crippen molar-refractivity contribution in [3.8, 4) is 0 Å². The average Bonchev–Trinajstić information content (AvgIpc) is 2.99. The van der Waals surface area contributed by atoms with Crippen molar-refractivity contribution in [1.29, 1.82) is 0 Å². The van der Waals surface area contributed by atoms with Crippen molar-refractivity contribution in [3.05, 3.63) is 0 Å². The van der Waals surface area contributed by atoms with Crippen LogP contribution in [0.1, 0.15) is 25.7 Å². The molecule has 130 valence electrons. The summed E-state index contributed by atoms with van der Waals surface area (Å²) in [6, 6.07) is -3.01. The Morgan fingerprint density at radius 3 is 2.48 bits per heavy atom. The fourth-order valence-electron chi connectivity index (χ4n) is 2.37. The first-order valence-corrected chi connectivity index (χ1v) is 7.83. The van der Waals surface area contributed by atoms with E-state index in [9.17, 15) is 19.2 Å². The molecule has 0 radical (unpaired) electrons. The van der Waals surface area contributed by atoms with Gasteiger partial charge in [-0.15, -0.1) is 0 Å². The van der Waals surface area contributed by atoms with Gasteiger partial charge in [-0.2, -0.15) is 12.6 Å². The van der Waals surface area contributed by atoms with E-state index in [1.54, 1.807) is 0 Å². The lowest BCUT2D eigenvalue weighted by atomic mass is 10.1. The van der Waals surface area contributed by atoms with E-state index in [0.29, 0.717) is 12.8 Å². The van der Waals surface area contributed by atoms with Crippen molar-refractivity contribution in [2.45, 2.75) is 43.8 Å². The van der Waals surface area contributed by atoms with Gasteiger partial charge in [-0.05, 0) is 19.3 Å². The molecule has 1 rings (SSSR count). The zero-order chi connectivity index (χ0) is 17.6. The molecule has 0 aromatic rings. The van der Waals surface area contributed by atoms with Gasteiger partial charge in [0.15, 0.2) is 0 Å². The van der Waals surface area contributed by atoms with Gasteiger partial charge in [0.25, 0.3) is 0 Å². The highest BCUT2D eigenvalue weighted by Crippen LogP contribution is 2.19. The molecular weight excluding hydrogens is 326 g/mol. The van der Waals surface area contributed by atoms with Gasteiger partial charge in [0.2, 0.25) is 11.8 Å². The summed E-state index contributed by atoms with van der Waals surface area (Å²) in [5, 5.41) is 20.3. The van der Waals surface area contributed by atoms with Crippen LogP contribution in [-0.2, 0) is 19.2 Å².